The molecule has 4 aromatic rings. The maximum atomic E-state index is 13.9. The van der Waals surface area contributed by atoms with E-state index >= 15 is 0 Å². The lowest BCUT2D eigenvalue weighted by atomic mass is 9.84. The van der Waals surface area contributed by atoms with Gasteiger partial charge in [-0.3, -0.25) is 25.2 Å². The average Bonchev–Trinajstić information content (AvgIpc) is 3.33. The molecule has 1 aromatic heterocycles. The van der Waals surface area contributed by atoms with Crippen molar-refractivity contribution in [3.63, 3.8) is 0 Å². The molecule has 1 saturated carbocycles. The van der Waals surface area contributed by atoms with Crippen molar-refractivity contribution in [3.05, 3.63) is 124 Å². The number of hydrogen-bond acceptors (Lipinski definition) is 3. The third-order valence-corrected chi connectivity index (χ3v) is 8.28. The predicted octanol–water partition coefficient (Wildman–Crippen LogP) is 6.13. The summed E-state index contributed by atoms with van der Waals surface area (Å²) in [4.78, 5) is 41.4. The molecule has 0 radical (unpaired) electrons. The fourth-order valence-electron chi connectivity index (χ4n) is 6.07. The monoisotopic (exact) mass is 546 g/mol. The summed E-state index contributed by atoms with van der Waals surface area (Å²) in [6.45, 7) is 2.66. The van der Waals surface area contributed by atoms with E-state index in [-0.39, 0.29) is 11.8 Å². The summed E-state index contributed by atoms with van der Waals surface area (Å²) in [5, 5.41) is 0. The number of amides is 3. The Morgan fingerprint density at radius 2 is 1.49 bits per heavy atom. The minimum absolute atomic E-state index is 0.0706. The summed E-state index contributed by atoms with van der Waals surface area (Å²) in [6.07, 6.45) is 6.29. The number of rotatable bonds is 4. The van der Waals surface area contributed by atoms with Crippen molar-refractivity contribution in [2.24, 2.45) is 0 Å². The Hall–Kier alpha value is -4.65. The Morgan fingerprint density at radius 1 is 0.732 bits per heavy atom. The number of hydrazine groups is 1. The minimum Gasteiger partial charge on any atom is -0.334 e. The third kappa shape index (κ3) is 5.53. The lowest BCUT2D eigenvalue weighted by molar-refractivity contribution is 0.0841. The van der Waals surface area contributed by atoms with Crippen molar-refractivity contribution in [1.82, 2.24) is 15.4 Å². The van der Waals surface area contributed by atoms with Crippen LogP contribution in [0.4, 0.5) is 5.69 Å². The topological polar surface area (TPSA) is 83.4 Å². The van der Waals surface area contributed by atoms with Crippen LogP contribution in [0.1, 0.15) is 91.6 Å². The van der Waals surface area contributed by atoms with Gasteiger partial charge in [-0.15, -0.1) is 0 Å². The van der Waals surface area contributed by atoms with E-state index in [1.807, 2.05) is 60.0 Å². The number of carbonyl (C=O) groups is 3. The van der Waals surface area contributed by atoms with Gasteiger partial charge in [0.25, 0.3) is 17.7 Å². The molecule has 3 aromatic carbocycles. The van der Waals surface area contributed by atoms with Crippen LogP contribution in [0.25, 0.3) is 0 Å². The Bertz CT molecular complexity index is 1600. The summed E-state index contributed by atoms with van der Waals surface area (Å²) >= 11 is 0. The molecule has 0 unspecified atom stereocenters. The maximum absolute atomic E-state index is 13.9. The van der Waals surface area contributed by atoms with Gasteiger partial charge in [0, 0.05) is 22.5 Å². The quantitative estimate of drug-likeness (QED) is 0.302. The van der Waals surface area contributed by atoms with Crippen LogP contribution in [0.5, 0.6) is 0 Å². The first-order valence-electron chi connectivity index (χ1n) is 14.3. The highest BCUT2D eigenvalue weighted by molar-refractivity contribution is 6.06. The molecule has 6 rings (SSSR count). The molecule has 7 heteroatoms. The molecule has 1 aliphatic carbocycles. The number of hydrogen-bond donors (Lipinski definition) is 2. The zero-order valence-corrected chi connectivity index (χ0v) is 23.2. The van der Waals surface area contributed by atoms with Crippen molar-refractivity contribution in [2.75, 3.05) is 4.90 Å². The van der Waals surface area contributed by atoms with Gasteiger partial charge in [-0.05, 0) is 79.3 Å². The first-order valence-corrected chi connectivity index (χ1v) is 14.3. The molecule has 2 heterocycles. The molecule has 0 atom stereocenters. The van der Waals surface area contributed by atoms with Gasteiger partial charge in [0.2, 0.25) is 0 Å². The van der Waals surface area contributed by atoms with Gasteiger partial charge in [-0.25, -0.2) is 0 Å². The van der Waals surface area contributed by atoms with Crippen LogP contribution >= 0.6 is 0 Å². The molecule has 2 N–H and O–H groups in total. The summed E-state index contributed by atoms with van der Waals surface area (Å²) in [6, 6.07) is 26.7. The van der Waals surface area contributed by atoms with E-state index < -0.39 is 5.91 Å². The van der Waals surface area contributed by atoms with Gasteiger partial charge in [0.15, 0.2) is 0 Å². The van der Waals surface area contributed by atoms with E-state index in [1.54, 1.807) is 29.2 Å². The molecule has 208 valence electrons. The van der Waals surface area contributed by atoms with Crippen LogP contribution < -0.4 is 15.8 Å². The van der Waals surface area contributed by atoms with Crippen LogP contribution in [0.3, 0.4) is 0 Å². The van der Waals surface area contributed by atoms with Gasteiger partial charge in [0.1, 0.15) is 5.69 Å². The number of benzene rings is 3. The van der Waals surface area contributed by atoms with E-state index in [2.05, 4.69) is 23.0 Å². The first kappa shape index (κ1) is 26.6. The largest absolute Gasteiger partial charge is 0.334 e. The molecular weight excluding hydrogens is 512 g/mol. The summed E-state index contributed by atoms with van der Waals surface area (Å²) in [7, 11) is 0. The Morgan fingerprint density at radius 3 is 2.27 bits per heavy atom. The number of aromatic nitrogens is 1. The lowest BCUT2D eigenvalue weighted by Gasteiger charge is -2.24. The molecule has 3 amide bonds. The van der Waals surface area contributed by atoms with Crippen LogP contribution in [0.15, 0.2) is 84.9 Å². The SMILES string of the molecule is Cc1cccc(C(=O)NNC(=O)c2ccc3n2Cc2ccccc2N(C(=O)c2ccc(C4CCCCC4)cc2)C3)c1. The van der Waals surface area contributed by atoms with Crippen LogP contribution in [-0.4, -0.2) is 22.3 Å². The van der Waals surface area contributed by atoms with E-state index in [0.717, 1.165) is 22.5 Å². The fourth-order valence-corrected chi connectivity index (χ4v) is 6.07. The lowest BCUT2D eigenvalue weighted by Crippen LogP contribution is -2.42. The van der Waals surface area contributed by atoms with Gasteiger partial charge in [0.05, 0.1) is 13.1 Å². The van der Waals surface area contributed by atoms with Crippen molar-refractivity contribution in [1.29, 1.82) is 0 Å². The third-order valence-electron chi connectivity index (χ3n) is 8.28. The Labute approximate surface area is 240 Å². The fraction of sp³-hybridized carbons (Fsp3) is 0.265. The van der Waals surface area contributed by atoms with E-state index in [0.29, 0.717) is 35.8 Å². The first-order chi connectivity index (χ1) is 20.0. The number of anilines is 1. The summed E-state index contributed by atoms with van der Waals surface area (Å²) < 4.78 is 1.91. The average molecular weight is 547 g/mol. The van der Waals surface area contributed by atoms with Crippen molar-refractivity contribution < 1.29 is 14.4 Å². The molecule has 41 heavy (non-hydrogen) atoms. The van der Waals surface area contributed by atoms with Crippen LogP contribution in [-0.2, 0) is 13.1 Å². The Kier molecular flexibility index (Phi) is 7.42. The molecule has 0 bridgehead atoms. The van der Waals surface area contributed by atoms with Gasteiger partial charge >= 0.3 is 0 Å². The van der Waals surface area contributed by atoms with Gasteiger partial charge in [-0.1, -0.05) is 67.3 Å². The second kappa shape index (κ2) is 11.5. The van der Waals surface area contributed by atoms with Crippen molar-refractivity contribution in [3.8, 4) is 0 Å². The highest BCUT2D eigenvalue weighted by Crippen LogP contribution is 2.34. The van der Waals surface area contributed by atoms with E-state index in [4.69, 9.17) is 0 Å². The van der Waals surface area contributed by atoms with Gasteiger partial charge < -0.3 is 9.47 Å². The molecule has 0 spiro atoms. The molecule has 2 aliphatic rings. The zero-order chi connectivity index (χ0) is 28.3. The number of aryl methyl sites for hydroxylation is 1. The molecule has 1 fully saturated rings. The standard InChI is InChI=1S/C34H34N4O3/c1-23-8-7-12-27(20-23)32(39)35-36-33(40)31-19-18-29-22-38(30-13-6-5-11-28(30)21-37(29)31)34(41)26-16-14-25(15-17-26)24-9-3-2-4-10-24/h5-8,11-20,24H,2-4,9-10,21-22H2,1H3,(H,35,39)(H,36,40). The van der Waals surface area contributed by atoms with Gasteiger partial charge in [-0.2, -0.15) is 0 Å². The molecule has 0 saturated heterocycles. The number of nitrogens with one attached hydrogen (secondary N) is 2. The smallest absolute Gasteiger partial charge is 0.286 e. The molecule has 7 nitrogen and oxygen atoms in total. The highest BCUT2D eigenvalue weighted by atomic mass is 16.2. The normalized spacial score (nSPS) is 14.9. The number of carbonyl (C=O) groups excluding carboxylic acids is 3. The van der Waals surface area contributed by atoms with Crippen LogP contribution in [0, 0.1) is 6.92 Å². The maximum Gasteiger partial charge on any atom is 0.286 e. The van der Waals surface area contributed by atoms with E-state index in [9.17, 15) is 14.4 Å². The second-order valence-corrected chi connectivity index (χ2v) is 11.1. The molecular formula is C34H34N4O3. The number of nitrogens with zero attached hydrogens (tertiary/aromatic N) is 2. The minimum atomic E-state index is -0.423. The second-order valence-electron chi connectivity index (χ2n) is 11.1. The number of para-hydroxylation sites is 1. The van der Waals surface area contributed by atoms with Crippen molar-refractivity contribution >= 4 is 23.4 Å². The predicted molar refractivity (Wildman–Crippen MR) is 159 cm³/mol. The van der Waals surface area contributed by atoms with Crippen LogP contribution in [0.2, 0.25) is 0 Å². The van der Waals surface area contributed by atoms with Crippen molar-refractivity contribution in [2.45, 2.75) is 58.0 Å². The molecule has 1 aliphatic heterocycles. The van der Waals surface area contributed by atoms with E-state index in [1.165, 1.54) is 37.7 Å². The Balaban J connectivity index is 1.22. The zero-order valence-electron chi connectivity index (χ0n) is 23.2. The number of fused-ring (bicyclic) bond motifs is 2. The highest BCUT2D eigenvalue weighted by Gasteiger charge is 2.28. The summed E-state index contributed by atoms with van der Waals surface area (Å²) in [5.74, 6) is -0.297. The summed E-state index contributed by atoms with van der Waals surface area (Å²) in [5.41, 5.74) is 11.5.